The lowest BCUT2D eigenvalue weighted by Gasteiger charge is -2.45. The summed E-state index contributed by atoms with van der Waals surface area (Å²) in [7, 11) is 1.74. The van der Waals surface area contributed by atoms with Crippen LogP contribution in [0.25, 0.3) is 0 Å². The smallest absolute Gasteiger partial charge is 0.142 e. The summed E-state index contributed by atoms with van der Waals surface area (Å²) in [5.41, 5.74) is 1.97. The average Bonchev–Trinajstić information content (AvgIpc) is 2.77. The number of nitrogens with zero attached hydrogens (tertiary/aromatic N) is 2. The van der Waals surface area contributed by atoms with Crippen LogP contribution in [0.4, 0.5) is 5.69 Å². The third-order valence-corrected chi connectivity index (χ3v) is 6.35. The zero-order valence-corrected chi connectivity index (χ0v) is 17.7. The van der Waals surface area contributed by atoms with E-state index in [1.807, 2.05) is 18.2 Å². The van der Waals surface area contributed by atoms with E-state index >= 15 is 0 Å². The molecule has 0 radical (unpaired) electrons. The molecule has 156 valence electrons. The summed E-state index contributed by atoms with van der Waals surface area (Å²) < 4.78 is 18.3. The van der Waals surface area contributed by atoms with Crippen molar-refractivity contribution in [2.75, 3.05) is 51.3 Å². The van der Waals surface area contributed by atoms with Gasteiger partial charge in [0.2, 0.25) is 0 Å². The fourth-order valence-corrected chi connectivity index (χ4v) is 4.37. The predicted molar refractivity (Wildman–Crippen MR) is 116 cm³/mol. The highest BCUT2D eigenvalue weighted by Gasteiger charge is 2.41. The van der Waals surface area contributed by atoms with Gasteiger partial charge in [-0.05, 0) is 31.5 Å². The molecule has 5 heteroatoms. The van der Waals surface area contributed by atoms with E-state index < -0.39 is 0 Å². The molecule has 2 saturated heterocycles. The summed E-state index contributed by atoms with van der Waals surface area (Å²) >= 11 is 0. The van der Waals surface area contributed by atoms with Crippen LogP contribution >= 0.6 is 0 Å². The quantitative estimate of drug-likeness (QED) is 0.772. The summed E-state index contributed by atoms with van der Waals surface area (Å²) in [5, 5.41) is 0. The summed E-state index contributed by atoms with van der Waals surface area (Å²) in [6, 6.07) is 18.7. The zero-order valence-electron chi connectivity index (χ0n) is 17.7. The molecule has 5 nitrogen and oxygen atoms in total. The number of hydrogen-bond donors (Lipinski definition) is 0. The van der Waals surface area contributed by atoms with Gasteiger partial charge in [-0.25, -0.2) is 0 Å². The Morgan fingerprint density at radius 1 is 1.00 bits per heavy atom. The van der Waals surface area contributed by atoms with Crippen LogP contribution in [-0.4, -0.2) is 63.5 Å². The van der Waals surface area contributed by atoms with Gasteiger partial charge in [0.25, 0.3) is 0 Å². The normalized spacial score (nSPS) is 28.3. The highest BCUT2D eigenvalue weighted by atomic mass is 16.6. The van der Waals surface area contributed by atoms with E-state index in [1.165, 1.54) is 11.3 Å². The molecule has 2 fully saturated rings. The Morgan fingerprint density at radius 3 is 2.38 bits per heavy atom. The lowest BCUT2D eigenvalue weighted by atomic mass is 9.89. The topological polar surface area (TPSA) is 34.2 Å². The first-order valence-corrected chi connectivity index (χ1v) is 10.6. The number of piperazine rings is 1. The van der Waals surface area contributed by atoms with E-state index in [4.69, 9.17) is 14.2 Å². The van der Waals surface area contributed by atoms with Gasteiger partial charge in [-0.2, -0.15) is 0 Å². The fraction of sp³-hybridized carbons (Fsp3) is 0.500. The maximum absolute atomic E-state index is 6.41. The summed E-state index contributed by atoms with van der Waals surface area (Å²) in [4.78, 5) is 4.89. The Balaban J connectivity index is 1.31. The van der Waals surface area contributed by atoms with Crippen LogP contribution in [0, 0.1) is 0 Å². The van der Waals surface area contributed by atoms with Gasteiger partial charge >= 0.3 is 0 Å². The highest BCUT2D eigenvalue weighted by Crippen LogP contribution is 2.35. The van der Waals surface area contributed by atoms with Crippen molar-refractivity contribution in [1.82, 2.24) is 4.90 Å². The first-order chi connectivity index (χ1) is 14.1. The van der Waals surface area contributed by atoms with Crippen molar-refractivity contribution in [3.63, 3.8) is 0 Å². The highest BCUT2D eigenvalue weighted by molar-refractivity contribution is 5.58. The average molecular weight is 397 g/mol. The third-order valence-electron chi connectivity index (χ3n) is 6.35. The SMILES string of the molecule is COc1ccccc1N1CCN(CC2COC(C)(c3ccccc3)C(C)O2)CC1. The molecule has 0 N–H and O–H groups in total. The van der Waals surface area contributed by atoms with Crippen LogP contribution in [0.1, 0.15) is 19.4 Å². The van der Waals surface area contributed by atoms with Crippen molar-refractivity contribution in [1.29, 1.82) is 0 Å². The van der Waals surface area contributed by atoms with Crippen molar-refractivity contribution in [2.24, 2.45) is 0 Å². The van der Waals surface area contributed by atoms with Gasteiger partial charge in [0, 0.05) is 32.7 Å². The second-order valence-corrected chi connectivity index (χ2v) is 8.14. The van der Waals surface area contributed by atoms with Gasteiger partial charge in [0.15, 0.2) is 0 Å². The molecule has 2 heterocycles. The van der Waals surface area contributed by atoms with Gasteiger partial charge in [-0.3, -0.25) is 4.90 Å². The Kier molecular flexibility index (Phi) is 6.09. The second kappa shape index (κ2) is 8.74. The van der Waals surface area contributed by atoms with E-state index in [0.717, 1.165) is 38.5 Å². The standard InChI is InChI=1S/C24H32N2O3/c1-19-24(2,20-9-5-4-6-10-20)28-18-21(29-19)17-25-13-15-26(16-14-25)22-11-7-8-12-23(22)27-3/h4-12,19,21H,13-18H2,1-3H3. The van der Waals surface area contributed by atoms with Crippen molar-refractivity contribution >= 4 is 5.69 Å². The maximum Gasteiger partial charge on any atom is 0.142 e. The lowest BCUT2D eigenvalue weighted by molar-refractivity contribution is -0.230. The van der Waals surface area contributed by atoms with E-state index in [-0.39, 0.29) is 17.8 Å². The van der Waals surface area contributed by atoms with Gasteiger partial charge in [-0.15, -0.1) is 0 Å². The zero-order chi connectivity index (χ0) is 20.3. The predicted octanol–water partition coefficient (Wildman–Crippen LogP) is 3.54. The second-order valence-electron chi connectivity index (χ2n) is 8.14. The molecule has 2 aliphatic rings. The molecule has 0 amide bonds. The molecule has 3 atom stereocenters. The van der Waals surface area contributed by atoms with Crippen LogP contribution < -0.4 is 9.64 Å². The van der Waals surface area contributed by atoms with Gasteiger partial charge < -0.3 is 19.1 Å². The van der Waals surface area contributed by atoms with E-state index in [1.54, 1.807) is 7.11 Å². The monoisotopic (exact) mass is 396 g/mol. The van der Waals surface area contributed by atoms with E-state index in [9.17, 15) is 0 Å². The molecule has 2 aromatic carbocycles. The summed E-state index contributed by atoms with van der Waals surface area (Å²) in [6.07, 6.45) is 0.123. The molecule has 0 spiro atoms. The molecule has 0 aromatic heterocycles. The molecule has 2 aromatic rings. The van der Waals surface area contributed by atoms with Crippen LogP contribution in [0.5, 0.6) is 5.75 Å². The molecular formula is C24H32N2O3. The lowest BCUT2D eigenvalue weighted by Crippen LogP contribution is -2.54. The van der Waals surface area contributed by atoms with Crippen molar-refractivity contribution < 1.29 is 14.2 Å². The van der Waals surface area contributed by atoms with Crippen molar-refractivity contribution in [3.8, 4) is 5.75 Å². The Morgan fingerprint density at radius 2 is 1.69 bits per heavy atom. The minimum Gasteiger partial charge on any atom is -0.495 e. The largest absolute Gasteiger partial charge is 0.495 e. The minimum atomic E-state index is -0.389. The first-order valence-electron chi connectivity index (χ1n) is 10.6. The molecular weight excluding hydrogens is 364 g/mol. The van der Waals surface area contributed by atoms with Crippen molar-refractivity contribution in [2.45, 2.75) is 31.7 Å². The molecule has 0 bridgehead atoms. The Bertz CT molecular complexity index is 792. The number of ether oxygens (including phenoxy) is 3. The summed E-state index contributed by atoms with van der Waals surface area (Å²) in [6.45, 7) is 9.81. The molecule has 0 saturated carbocycles. The first kappa shape index (κ1) is 20.2. The number of rotatable bonds is 5. The molecule has 0 aliphatic carbocycles. The molecule has 4 rings (SSSR count). The maximum atomic E-state index is 6.41. The number of methoxy groups -OCH3 is 1. The van der Waals surface area contributed by atoms with E-state index in [2.05, 4.69) is 60.0 Å². The Hall–Kier alpha value is -2.08. The number of hydrogen-bond acceptors (Lipinski definition) is 5. The third kappa shape index (κ3) is 4.27. The molecule has 29 heavy (non-hydrogen) atoms. The van der Waals surface area contributed by atoms with Crippen LogP contribution in [-0.2, 0) is 15.1 Å². The number of anilines is 1. The van der Waals surface area contributed by atoms with Gasteiger partial charge in [0.1, 0.15) is 11.4 Å². The number of para-hydroxylation sites is 2. The van der Waals surface area contributed by atoms with E-state index in [0.29, 0.717) is 6.61 Å². The van der Waals surface area contributed by atoms with Crippen LogP contribution in [0.15, 0.2) is 54.6 Å². The van der Waals surface area contributed by atoms with Crippen molar-refractivity contribution in [3.05, 3.63) is 60.2 Å². The van der Waals surface area contributed by atoms with Crippen LogP contribution in [0.3, 0.4) is 0 Å². The summed E-state index contributed by atoms with van der Waals surface area (Å²) in [5.74, 6) is 0.944. The molecule has 2 aliphatic heterocycles. The Labute approximate surface area is 174 Å². The van der Waals surface area contributed by atoms with Crippen LogP contribution in [0.2, 0.25) is 0 Å². The van der Waals surface area contributed by atoms with Gasteiger partial charge in [-0.1, -0.05) is 42.5 Å². The minimum absolute atomic E-state index is 0.0125. The molecule has 3 unspecified atom stereocenters. The number of benzene rings is 2. The van der Waals surface area contributed by atoms with Gasteiger partial charge in [0.05, 0.1) is 31.6 Å². The fourth-order valence-electron chi connectivity index (χ4n) is 4.37.